The monoisotopic (exact) mass is 285 g/mol. The van der Waals surface area contributed by atoms with Gasteiger partial charge in [0.25, 0.3) is 5.91 Å². The van der Waals surface area contributed by atoms with E-state index in [0.29, 0.717) is 19.1 Å². The molecule has 1 amide bonds. The molecule has 2 heterocycles. The van der Waals surface area contributed by atoms with Gasteiger partial charge >= 0.3 is 0 Å². The van der Waals surface area contributed by atoms with E-state index in [1.165, 1.54) is 19.3 Å². The van der Waals surface area contributed by atoms with E-state index in [0.717, 1.165) is 23.0 Å². The van der Waals surface area contributed by atoms with Crippen molar-refractivity contribution in [1.29, 1.82) is 0 Å². The molecule has 1 aliphatic heterocycles. The smallest absolute Gasteiger partial charge is 0.254 e. The van der Waals surface area contributed by atoms with E-state index in [9.17, 15) is 4.79 Å². The molecular formula is C16H19N3O2. The normalized spacial score (nSPS) is 23.2. The minimum absolute atomic E-state index is 0.0922. The van der Waals surface area contributed by atoms with Crippen molar-refractivity contribution >= 4 is 16.8 Å². The molecule has 0 radical (unpaired) electrons. The first-order chi connectivity index (χ1) is 10.3. The summed E-state index contributed by atoms with van der Waals surface area (Å²) < 4.78 is 5.86. The molecule has 1 unspecified atom stereocenters. The minimum Gasteiger partial charge on any atom is -0.374 e. The van der Waals surface area contributed by atoms with Gasteiger partial charge < -0.3 is 9.64 Å². The third-order valence-electron chi connectivity index (χ3n) is 4.77. The minimum atomic E-state index is 0.0922. The third-order valence-corrected chi connectivity index (χ3v) is 4.77. The van der Waals surface area contributed by atoms with E-state index in [4.69, 9.17) is 4.74 Å². The van der Waals surface area contributed by atoms with E-state index in [2.05, 4.69) is 10.2 Å². The van der Waals surface area contributed by atoms with E-state index in [1.54, 1.807) is 6.20 Å². The largest absolute Gasteiger partial charge is 0.374 e. The van der Waals surface area contributed by atoms with Crippen molar-refractivity contribution in [2.75, 3.05) is 19.7 Å². The Balaban J connectivity index is 1.57. The maximum Gasteiger partial charge on any atom is 0.254 e. The second kappa shape index (κ2) is 5.15. The van der Waals surface area contributed by atoms with Crippen LogP contribution in [0.2, 0.25) is 0 Å². The number of nitrogens with one attached hydrogen (secondary N) is 1. The Bertz CT molecular complexity index is 662. The molecule has 21 heavy (non-hydrogen) atoms. The second-order valence-corrected chi connectivity index (χ2v) is 5.99. The lowest BCUT2D eigenvalue weighted by atomic mass is 9.80. The average molecular weight is 285 g/mol. The fraction of sp³-hybridized carbons (Fsp3) is 0.500. The van der Waals surface area contributed by atoms with Gasteiger partial charge in [0.1, 0.15) is 0 Å². The van der Waals surface area contributed by atoms with Gasteiger partial charge in [-0.3, -0.25) is 9.89 Å². The first kappa shape index (κ1) is 12.8. The summed E-state index contributed by atoms with van der Waals surface area (Å²) in [6, 6.07) is 5.72. The number of carbonyl (C=O) groups is 1. The Hall–Kier alpha value is -1.88. The van der Waals surface area contributed by atoms with Gasteiger partial charge in [-0.25, -0.2) is 0 Å². The lowest BCUT2D eigenvalue weighted by Crippen LogP contribution is -2.49. The quantitative estimate of drug-likeness (QED) is 0.920. The van der Waals surface area contributed by atoms with Crippen LogP contribution in [0, 0.1) is 5.92 Å². The first-order valence-corrected chi connectivity index (χ1v) is 7.66. The van der Waals surface area contributed by atoms with Gasteiger partial charge in [0, 0.05) is 18.5 Å². The lowest BCUT2D eigenvalue weighted by molar-refractivity contribution is -0.0659. The van der Waals surface area contributed by atoms with Crippen molar-refractivity contribution in [3.05, 3.63) is 30.0 Å². The Kier molecular flexibility index (Phi) is 3.15. The van der Waals surface area contributed by atoms with E-state index >= 15 is 0 Å². The Morgan fingerprint density at radius 1 is 1.38 bits per heavy atom. The van der Waals surface area contributed by atoms with Crippen molar-refractivity contribution in [1.82, 2.24) is 15.1 Å². The van der Waals surface area contributed by atoms with Gasteiger partial charge in [-0.15, -0.1) is 0 Å². The summed E-state index contributed by atoms with van der Waals surface area (Å²) in [6.45, 7) is 2.04. The molecule has 110 valence electrons. The fourth-order valence-corrected chi connectivity index (χ4v) is 3.28. The molecule has 1 saturated carbocycles. The highest BCUT2D eigenvalue weighted by Crippen LogP contribution is 2.33. The molecule has 1 atom stereocenters. The predicted molar refractivity (Wildman–Crippen MR) is 79.1 cm³/mol. The van der Waals surface area contributed by atoms with Crippen molar-refractivity contribution in [3.8, 4) is 0 Å². The molecule has 2 aromatic rings. The zero-order valence-electron chi connectivity index (χ0n) is 11.9. The third kappa shape index (κ3) is 2.21. The predicted octanol–water partition coefficient (Wildman–Crippen LogP) is 2.20. The van der Waals surface area contributed by atoms with Crippen LogP contribution in [0.25, 0.3) is 10.9 Å². The maximum atomic E-state index is 12.8. The summed E-state index contributed by atoms with van der Waals surface area (Å²) in [5.74, 6) is 0.736. The van der Waals surface area contributed by atoms with Crippen LogP contribution in [-0.4, -0.2) is 46.8 Å². The van der Waals surface area contributed by atoms with E-state index in [1.807, 2.05) is 23.1 Å². The van der Waals surface area contributed by atoms with Gasteiger partial charge in [-0.1, -0.05) is 12.5 Å². The molecule has 1 saturated heterocycles. The van der Waals surface area contributed by atoms with Crippen LogP contribution >= 0.6 is 0 Å². The Morgan fingerprint density at radius 3 is 3.10 bits per heavy atom. The summed E-state index contributed by atoms with van der Waals surface area (Å²) in [4.78, 5) is 14.8. The molecule has 0 bridgehead atoms. The van der Waals surface area contributed by atoms with Crippen LogP contribution < -0.4 is 0 Å². The van der Waals surface area contributed by atoms with Crippen LogP contribution in [0.15, 0.2) is 24.4 Å². The number of benzene rings is 1. The standard InChI is InChI=1S/C16H19N3O2/c20-16(12-5-2-6-14-13(12)9-17-18-14)19-7-8-21-15(10-19)11-3-1-4-11/h2,5-6,9,11,15H,1,3-4,7-8,10H2,(H,17,18). The zero-order chi connectivity index (χ0) is 14.2. The number of aromatic nitrogens is 2. The zero-order valence-corrected chi connectivity index (χ0v) is 11.9. The van der Waals surface area contributed by atoms with Gasteiger partial charge in [0.15, 0.2) is 0 Å². The highest BCUT2D eigenvalue weighted by Gasteiger charge is 2.34. The Morgan fingerprint density at radius 2 is 2.29 bits per heavy atom. The SMILES string of the molecule is O=C(c1cccc2[nH]ncc12)N1CCOC(C2CCC2)C1. The van der Waals surface area contributed by atoms with Crippen molar-refractivity contribution in [3.63, 3.8) is 0 Å². The number of aromatic amines is 1. The van der Waals surface area contributed by atoms with Gasteiger partial charge in [0.2, 0.25) is 0 Å². The average Bonchev–Trinajstić information content (AvgIpc) is 2.93. The highest BCUT2D eigenvalue weighted by molar-refractivity contribution is 6.06. The molecule has 1 N–H and O–H groups in total. The maximum absolute atomic E-state index is 12.8. The van der Waals surface area contributed by atoms with Gasteiger partial charge in [-0.05, 0) is 30.9 Å². The number of fused-ring (bicyclic) bond motifs is 1. The lowest BCUT2D eigenvalue weighted by Gasteiger charge is -2.40. The molecule has 1 aliphatic carbocycles. The summed E-state index contributed by atoms with van der Waals surface area (Å²) in [5, 5.41) is 7.85. The summed E-state index contributed by atoms with van der Waals surface area (Å²) >= 11 is 0. The first-order valence-electron chi connectivity index (χ1n) is 7.66. The number of nitrogens with zero attached hydrogens (tertiary/aromatic N) is 2. The van der Waals surface area contributed by atoms with Crippen LogP contribution in [-0.2, 0) is 4.74 Å². The van der Waals surface area contributed by atoms with Crippen molar-refractivity contribution < 1.29 is 9.53 Å². The van der Waals surface area contributed by atoms with Crippen LogP contribution in [0.4, 0.5) is 0 Å². The van der Waals surface area contributed by atoms with Crippen LogP contribution in [0.1, 0.15) is 29.6 Å². The fourth-order valence-electron chi connectivity index (χ4n) is 3.28. The molecule has 1 aromatic carbocycles. The topological polar surface area (TPSA) is 58.2 Å². The van der Waals surface area contributed by atoms with Crippen molar-refractivity contribution in [2.24, 2.45) is 5.92 Å². The number of carbonyl (C=O) groups excluding carboxylic acids is 1. The number of H-pyrrole nitrogens is 1. The summed E-state index contributed by atoms with van der Waals surface area (Å²) in [7, 11) is 0. The molecule has 2 fully saturated rings. The summed E-state index contributed by atoms with van der Waals surface area (Å²) in [5.41, 5.74) is 1.64. The number of rotatable bonds is 2. The molecule has 0 spiro atoms. The second-order valence-electron chi connectivity index (χ2n) is 5.99. The van der Waals surface area contributed by atoms with Gasteiger partial charge in [-0.2, -0.15) is 5.10 Å². The molecule has 5 nitrogen and oxygen atoms in total. The molecule has 2 aliphatic rings. The molecular weight excluding hydrogens is 266 g/mol. The molecule has 5 heteroatoms. The molecule has 1 aromatic heterocycles. The highest BCUT2D eigenvalue weighted by atomic mass is 16.5. The summed E-state index contributed by atoms with van der Waals surface area (Å²) in [6.07, 6.45) is 5.73. The number of morpholine rings is 1. The Labute approximate surface area is 123 Å². The van der Waals surface area contributed by atoms with E-state index in [-0.39, 0.29) is 12.0 Å². The number of ether oxygens (including phenoxy) is 1. The van der Waals surface area contributed by atoms with Gasteiger partial charge in [0.05, 0.1) is 30.0 Å². The number of amides is 1. The number of hydrogen-bond acceptors (Lipinski definition) is 3. The van der Waals surface area contributed by atoms with Crippen LogP contribution in [0.3, 0.4) is 0 Å². The van der Waals surface area contributed by atoms with E-state index < -0.39 is 0 Å². The number of hydrogen-bond donors (Lipinski definition) is 1. The van der Waals surface area contributed by atoms with Crippen molar-refractivity contribution in [2.45, 2.75) is 25.4 Å². The van der Waals surface area contributed by atoms with Crippen LogP contribution in [0.5, 0.6) is 0 Å². The molecule has 4 rings (SSSR count).